The highest BCUT2D eigenvalue weighted by atomic mass is 16.2. The molecule has 0 heterocycles. The van der Waals surface area contributed by atoms with E-state index >= 15 is 0 Å². The lowest BCUT2D eigenvalue weighted by molar-refractivity contribution is 0.0736. The van der Waals surface area contributed by atoms with Crippen LogP contribution >= 0.6 is 0 Å². The van der Waals surface area contributed by atoms with Gasteiger partial charge in [0.15, 0.2) is 0 Å². The van der Waals surface area contributed by atoms with Crippen molar-refractivity contribution in [1.29, 1.82) is 0 Å². The average molecular weight is 268 g/mol. The number of fused-ring (bicyclic) bond motifs is 1. The Balaban J connectivity index is 1.96. The number of amides is 1. The third-order valence-corrected chi connectivity index (χ3v) is 4.34. The highest BCUT2D eigenvalue weighted by Crippen LogP contribution is 2.27. The van der Waals surface area contributed by atoms with Crippen LogP contribution in [-0.2, 0) is 0 Å². The normalized spacial score (nSPS) is 15.7. The molecule has 0 radical (unpaired) electrons. The van der Waals surface area contributed by atoms with E-state index in [1.165, 1.54) is 12.8 Å². The number of hydrogen-bond acceptors (Lipinski definition) is 2. The van der Waals surface area contributed by atoms with Crippen molar-refractivity contribution in [3.63, 3.8) is 0 Å². The Morgan fingerprint density at radius 3 is 2.40 bits per heavy atom. The van der Waals surface area contributed by atoms with Gasteiger partial charge in [-0.2, -0.15) is 0 Å². The van der Waals surface area contributed by atoms with E-state index in [9.17, 15) is 4.79 Å². The number of rotatable bonds is 2. The number of nitrogen functional groups attached to an aromatic ring is 1. The minimum Gasteiger partial charge on any atom is -0.398 e. The van der Waals surface area contributed by atoms with E-state index in [-0.39, 0.29) is 5.91 Å². The van der Waals surface area contributed by atoms with Crippen LogP contribution < -0.4 is 5.73 Å². The first-order chi connectivity index (χ1) is 9.66. The molecule has 0 saturated heterocycles. The molecule has 1 fully saturated rings. The minimum absolute atomic E-state index is 0.0418. The van der Waals surface area contributed by atoms with Crippen molar-refractivity contribution in [2.24, 2.45) is 0 Å². The van der Waals surface area contributed by atoms with Gasteiger partial charge in [-0.25, -0.2) is 0 Å². The lowest BCUT2D eigenvalue weighted by atomic mass is 10.0. The standard InChI is InChI=1S/C17H20N2O/c1-19(14-8-4-5-9-14)17(20)15-10-12-6-2-3-7-13(12)11-16(15)18/h2-3,6-7,10-11,14H,4-5,8-9,18H2,1H3. The summed E-state index contributed by atoms with van der Waals surface area (Å²) in [5.41, 5.74) is 7.27. The largest absolute Gasteiger partial charge is 0.398 e. The molecule has 0 spiro atoms. The molecule has 1 aliphatic carbocycles. The van der Waals surface area contributed by atoms with Crippen molar-refractivity contribution < 1.29 is 4.79 Å². The number of benzene rings is 2. The number of anilines is 1. The van der Waals surface area contributed by atoms with E-state index in [1.807, 2.05) is 48.3 Å². The van der Waals surface area contributed by atoms with Crippen LogP contribution in [-0.4, -0.2) is 23.9 Å². The fourth-order valence-electron chi connectivity index (χ4n) is 3.09. The molecule has 20 heavy (non-hydrogen) atoms. The maximum absolute atomic E-state index is 12.6. The van der Waals surface area contributed by atoms with E-state index < -0.39 is 0 Å². The minimum atomic E-state index is 0.0418. The summed E-state index contributed by atoms with van der Waals surface area (Å²) in [7, 11) is 1.90. The zero-order valence-corrected chi connectivity index (χ0v) is 11.8. The predicted octanol–water partition coefficient (Wildman–Crippen LogP) is 3.44. The molecule has 0 aromatic heterocycles. The second kappa shape index (κ2) is 5.16. The molecule has 2 aromatic carbocycles. The maximum atomic E-state index is 12.6. The van der Waals surface area contributed by atoms with Crippen LogP contribution in [0.2, 0.25) is 0 Å². The van der Waals surface area contributed by atoms with Crippen molar-refractivity contribution in [3.8, 4) is 0 Å². The fourth-order valence-corrected chi connectivity index (χ4v) is 3.09. The quantitative estimate of drug-likeness (QED) is 0.848. The Bertz CT molecular complexity index is 644. The zero-order chi connectivity index (χ0) is 14.1. The zero-order valence-electron chi connectivity index (χ0n) is 11.8. The van der Waals surface area contributed by atoms with Crippen molar-refractivity contribution in [3.05, 3.63) is 42.0 Å². The third-order valence-electron chi connectivity index (χ3n) is 4.34. The molecule has 2 aromatic rings. The summed E-state index contributed by atoms with van der Waals surface area (Å²) < 4.78 is 0. The molecule has 0 aliphatic heterocycles. The highest BCUT2D eigenvalue weighted by molar-refractivity contribution is 6.03. The Labute approximate surface area is 119 Å². The fraction of sp³-hybridized carbons (Fsp3) is 0.353. The second-order valence-corrected chi connectivity index (χ2v) is 5.64. The summed E-state index contributed by atoms with van der Waals surface area (Å²) in [6.07, 6.45) is 4.65. The molecule has 3 nitrogen and oxygen atoms in total. The molecule has 0 atom stereocenters. The molecule has 3 heteroatoms. The Hall–Kier alpha value is -2.03. The van der Waals surface area contributed by atoms with Crippen LogP contribution in [0.1, 0.15) is 36.0 Å². The van der Waals surface area contributed by atoms with E-state index in [2.05, 4.69) is 0 Å². The number of hydrogen-bond donors (Lipinski definition) is 1. The first-order valence-corrected chi connectivity index (χ1v) is 7.22. The van der Waals surface area contributed by atoms with Crippen LogP contribution in [0.3, 0.4) is 0 Å². The number of carbonyl (C=O) groups is 1. The molecule has 104 valence electrons. The summed E-state index contributed by atoms with van der Waals surface area (Å²) in [5, 5.41) is 2.13. The lowest BCUT2D eigenvalue weighted by Gasteiger charge is -2.25. The second-order valence-electron chi connectivity index (χ2n) is 5.64. The van der Waals surface area contributed by atoms with Crippen molar-refractivity contribution in [1.82, 2.24) is 4.90 Å². The first-order valence-electron chi connectivity index (χ1n) is 7.22. The summed E-state index contributed by atoms with van der Waals surface area (Å²) in [5.74, 6) is 0.0418. The van der Waals surface area contributed by atoms with Crippen LogP contribution in [0, 0.1) is 0 Å². The van der Waals surface area contributed by atoms with Crippen LogP contribution in [0.25, 0.3) is 10.8 Å². The maximum Gasteiger partial charge on any atom is 0.255 e. The number of nitrogens with zero attached hydrogens (tertiary/aromatic N) is 1. The van der Waals surface area contributed by atoms with Gasteiger partial charge in [0.1, 0.15) is 0 Å². The van der Waals surface area contributed by atoms with Gasteiger partial charge < -0.3 is 10.6 Å². The predicted molar refractivity (Wildman–Crippen MR) is 82.7 cm³/mol. The number of carbonyl (C=O) groups excluding carboxylic acids is 1. The number of nitrogens with two attached hydrogens (primary N) is 1. The van der Waals surface area contributed by atoms with Crippen LogP contribution in [0.5, 0.6) is 0 Å². The van der Waals surface area contributed by atoms with Gasteiger partial charge in [0, 0.05) is 18.8 Å². The average Bonchev–Trinajstić information content (AvgIpc) is 2.99. The van der Waals surface area contributed by atoms with Gasteiger partial charge in [0.25, 0.3) is 5.91 Å². The van der Waals surface area contributed by atoms with Crippen molar-refractivity contribution in [2.75, 3.05) is 12.8 Å². The van der Waals surface area contributed by atoms with Crippen LogP contribution in [0.4, 0.5) is 5.69 Å². The molecule has 0 unspecified atom stereocenters. The smallest absolute Gasteiger partial charge is 0.255 e. The van der Waals surface area contributed by atoms with Gasteiger partial charge in [-0.05, 0) is 35.7 Å². The highest BCUT2D eigenvalue weighted by Gasteiger charge is 2.25. The first kappa shape index (κ1) is 13.0. The summed E-state index contributed by atoms with van der Waals surface area (Å²) in [4.78, 5) is 14.5. The van der Waals surface area contributed by atoms with E-state index in [1.54, 1.807) is 0 Å². The Kier molecular flexibility index (Phi) is 3.35. The van der Waals surface area contributed by atoms with Gasteiger partial charge in [-0.3, -0.25) is 4.79 Å². The topological polar surface area (TPSA) is 46.3 Å². The monoisotopic (exact) mass is 268 g/mol. The van der Waals surface area contributed by atoms with Crippen molar-refractivity contribution in [2.45, 2.75) is 31.7 Å². The molecule has 2 N–H and O–H groups in total. The summed E-state index contributed by atoms with van der Waals surface area (Å²) >= 11 is 0. The SMILES string of the molecule is CN(C(=O)c1cc2ccccc2cc1N)C1CCCC1. The van der Waals surface area contributed by atoms with E-state index in [4.69, 9.17) is 5.73 Å². The van der Waals surface area contributed by atoms with Gasteiger partial charge >= 0.3 is 0 Å². The lowest BCUT2D eigenvalue weighted by Crippen LogP contribution is -2.35. The molecule has 1 amide bonds. The molecular weight excluding hydrogens is 248 g/mol. The van der Waals surface area contributed by atoms with Crippen LogP contribution in [0.15, 0.2) is 36.4 Å². The van der Waals surface area contributed by atoms with Gasteiger partial charge in [0.2, 0.25) is 0 Å². The molecule has 1 saturated carbocycles. The van der Waals surface area contributed by atoms with E-state index in [0.717, 1.165) is 23.6 Å². The molecule has 1 aliphatic rings. The third kappa shape index (κ3) is 2.24. The molecule has 0 bridgehead atoms. The van der Waals surface area contributed by atoms with Gasteiger partial charge in [0.05, 0.1) is 5.56 Å². The molecule has 3 rings (SSSR count). The summed E-state index contributed by atoms with van der Waals surface area (Å²) in [6.45, 7) is 0. The Morgan fingerprint density at radius 1 is 1.15 bits per heavy atom. The Morgan fingerprint density at radius 2 is 1.75 bits per heavy atom. The van der Waals surface area contributed by atoms with E-state index in [0.29, 0.717) is 17.3 Å². The summed E-state index contributed by atoms with van der Waals surface area (Å²) in [6, 6.07) is 12.2. The molecular formula is C17H20N2O. The van der Waals surface area contributed by atoms with Gasteiger partial charge in [-0.1, -0.05) is 37.1 Å². The van der Waals surface area contributed by atoms with Gasteiger partial charge in [-0.15, -0.1) is 0 Å². The van der Waals surface area contributed by atoms with Crippen molar-refractivity contribution >= 4 is 22.4 Å².